The van der Waals surface area contributed by atoms with Crippen LogP contribution in [-0.2, 0) is 11.3 Å². The topological polar surface area (TPSA) is 101 Å². The van der Waals surface area contributed by atoms with Crippen molar-refractivity contribution in [2.45, 2.75) is 69.6 Å². The molecule has 2 fully saturated rings. The quantitative estimate of drug-likeness (QED) is 0.453. The zero-order chi connectivity index (χ0) is 29.0. The van der Waals surface area contributed by atoms with Crippen LogP contribution in [0.25, 0.3) is 0 Å². The van der Waals surface area contributed by atoms with Crippen LogP contribution >= 0.6 is 23.4 Å². The van der Waals surface area contributed by atoms with Crippen LogP contribution in [0.4, 0.5) is 8.78 Å². The Morgan fingerprint density at radius 3 is 2.42 bits per heavy atom. The summed E-state index contributed by atoms with van der Waals surface area (Å²) in [5.41, 5.74) is 1.84. The largest absolute Gasteiger partial charge is 0.448 e. The van der Waals surface area contributed by atoms with E-state index in [2.05, 4.69) is 10.3 Å². The van der Waals surface area contributed by atoms with Crippen molar-refractivity contribution in [3.05, 3.63) is 49.9 Å². The van der Waals surface area contributed by atoms with Crippen molar-refractivity contribution in [3.8, 4) is 11.5 Å². The second-order valence-electron chi connectivity index (χ2n) is 11.0. The number of hydrogen-bond acceptors (Lipinski definition) is 6. The highest BCUT2D eigenvalue weighted by molar-refractivity contribution is 7.98. The Labute approximate surface area is 240 Å². The molecule has 216 valence electrons. The van der Waals surface area contributed by atoms with E-state index in [0.29, 0.717) is 53.9 Å². The van der Waals surface area contributed by atoms with E-state index in [1.165, 1.54) is 22.7 Å². The lowest BCUT2D eigenvalue weighted by Gasteiger charge is -2.42. The van der Waals surface area contributed by atoms with E-state index in [0.717, 1.165) is 10.6 Å². The van der Waals surface area contributed by atoms with E-state index in [-0.39, 0.29) is 34.9 Å². The number of carbonyl (C=O) groups excluding carboxylic acids is 2. The number of fused-ring (bicyclic) bond motifs is 1. The predicted octanol–water partition coefficient (Wildman–Crippen LogP) is 5.07. The predicted molar refractivity (Wildman–Crippen MR) is 148 cm³/mol. The number of aromatic amines is 1. The Kier molecular flexibility index (Phi) is 7.58. The fourth-order valence-electron chi connectivity index (χ4n) is 5.84. The maximum Gasteiger partial charge on any atom is 0.282 e. The lowest BCUT2D eigenvalue weighted by Crippen LogP contribution is -2.60. The summed E-state index contributed by atoms with van der Waals surface area (Å²) < 4.78 is 39.0. The first-order chi connectivity index (χ1) is 18.8. The van der Waals surface area contributed by atoms with E-state index in [9.17, 15) is 23.2 Å². The highest BCUT2D eigenvalue weighted by Crippen LogP contribution is 2.52. The van der Waals surface area contributed by atoms with E-state index >= 15 is 0 Å². The van der Waals surface area contributed by atoms with Gasteiger partial charge in [-0.25, -0.2) is 8.78 Å². The van der Waals surface area contributed by atoms with Gasteiger partial charge >= 0.3 is 0 Å². The summed E-state index contributed by atoms with van der Waals surface area (Å²) in [5.74, 6) is -4.04. The van der Waals surface area contributed by atoms with E-state index in [4.69, 9.17) is 21.1 Å². The van der Waals surface area contributed by atoms with Gasteiger partial charge in [-0.3, -0.25) is 14.4 Å². The standard InChI is InChI=1S/C28H32ClF2N3O5S/c1-14-9-21(40-4)19(25(36)33-14)11-32-24(35)18-10-20(29)23-22(15(18)2)38-27(3,39-23)17-7-5-16(6-8-17)26(37)34-12-28(30,31)13-34/h9-10,16-17H,5-8,11-13H2,1-4H3,(H,32,35)(H,33,36). The number of pyridine rings is 1. The average molecular weight is 596 g/mol. The number of H-pyrrole nitrogens is 1. The first-order valence-electron chi connectivity index (χ1n) is 13.2. The molecule has 40 heavy (non-hydrogen) atoms. The number of alkyl halides is 2. The summed E-state index contributed by atoms with van der Waals surface area (Å²) in [4.78, 5) is 43.1. The van der Waals surface area contributed by atoms with Crippen LogP contribution in [0.2, 0.25) is 5.02 Å². The third kappa shape index (κ3) is 5.30. The highest BCUT2D eigenvalue weighted by atomic mass is 35.5. The fraction of sp³-hybridized carbons (Fsp3) is 0.536. The molecule has 1 saturated heterocycles. The smallest absolute Gasteiger partial charge is 0.282 e. The van der Waals surface area contributed by atoms with Crippen molar-refractivity contribution in [2.75, 3.05) is 19.3 Å². The van der Waals surface area contributed by atoms with Crippen LogP contribution in [0.3, 0.4) is 0 Å². The van der Waals surface area contributed by atoms with Crippen molar-refractivity contribution >= 4 is 35.2 Å². The Balaban J connectivity index is 1.26. The molecule has 0 radical (unpaired) electrons. The fourth-order valence-corrected chi connectivity index (χ4v) is 6.78. The van der Waals surface area contributed by atoms with Gasteiger partial charge in [-0.15, -0.1) is 11.8 Å². The molecule has 1 atom stereocenters. The lowest BCUT2D eigenvalue weighted by molar-refractivity contribution is -0.172. The number of nitrogens with zero attached hydrogens (tertiary/aromatic N) is 1. The van der Waals surface area contributed by atoms with Gasteiger partial charge in [0.05, 0.1) is 18.1 Å². The summed E-state index contributed by atoms with van der Waals surface area (Å²) in [6, 6.07) is 3.40. The third-order valence-electron chi connectivity index (χ3n) is 8.14. The second kappa shape index (κ2) is 10.6. The normalized spacial score (nSPS) is 24.9. The highest BCUT2D eigenvalue weighted by Gasteiger charge is 2.51. The minimum absolute atomic E-state index is 0.0465. The number of likely N-dealkylation sites (tertiary alicyclic amines) is 1. The first-order valence-corrected chi connectivity index (χ1v) is 14.8. The van der Waals surface area contributed by atoms with Gasteiger partial charge in [-0.1, -0.05) is 11.6 Å². The molecule has 1 aromatic carbocycles. The van der Waals surface area contributed by atoms with Gasteiger partial charge in [-0.2, -0.15) is 0 Å². The maximum absolute atomic E-state index is 13.2. The van der Waals surface area contributed by atoms with Gasteiger partial charge in [0.2, 0.25) is 5.91 Å². The molecular weight excluding hydrogens is 564 g/mol. The molecule has 5 rings (SSSR count). The van der Waals surface area contributed by atoms with E-state index < -0.39 is 30.7 Å². The Morgan fingerprint density at radius 2 is 1.80 bits per heavy atom. The summed E-state index contributed by atoms with van der Waals surface area (Å²) in [5, 5.41) is 3.05. The van der Waals surface area contributed by atoms with Crippen LogP contribution in [-0.4, -0.2) is 52.8 Å². The molecule has 1 aliphatic carbocycles. The minimum atomic E-state index is -2.78. The monoisotopic (exact) mass is 595 g/mol. The maximum atomic E-state index is 13.2. The molecule has 0 bridgehead atoms. The van der Waals surface area contributed by atoms with Crippen molar-refractivity contribution in [1.29, 1.82) is 0 Å². The van der Waals surface area contributed by atoms with Crippen molar-refractivity contribution in [1.82, 2.24) is 15.2 Å². The molecule has 1 unspecified atom stereocenters. The number of amides is 2. The van der Waals surface area contributed by atoms with Crippen molar-refractivity contribution in [3.63, 3.8) is 0 Å². The van der Waals surface area contributed by atoms with E-state index in [1.54, 1.807) is 13.8 Å². The van der Waals surface area contributed by atoms with Gasteiger partial charge < -0.3 is 24.7 Å². The number of aromatic nitrogens is 1. The molecule has 1 aromatic heterocycles. The molecule has 2 N–H and O–H groups in total. The van der Waals surface area contributed by atoms with Crippen LogP contribution in [0.5, 0.6) is 11.5 Å². The molecule has 12 heteroatoms. The number of ether oxygens (including phenoxy) is 2. The molecule has 1 saturated carbocycles. The van der Waals surface area contributed by atoms with Crippen LogP contribution < -0.4 is 20.3 Å². The molecule has 0 spiro atoms. The lowest BCUT2D eigenvalue weighted by atomic mass is 9.77. The number of benzene rings is 1. The molecular formula is C28H32ClF2N3O5S. The number of rotatable bonds is 6. The Hall–Kier alpha value is -2.79. The number of hydrogen-bond donors (Lipinski definition) is 2. The van der Waals surface area contributed by atoms with Crippen LogP contribution in [0, 0.1) is 25.7 Å². The van der Waals surface area contributed by atoms with Crippen LogP contribution in [0.1, 0.15) is 59.8 Å². The van der Waals surface area contributed by atoms with Gasteiger partial charge in [0.1, 0.15) is 0 Å². The second-order valence-corrected chi connectivity index (χ2v) is 12.3. The van der Waals surface area contributed by atoms with Crippen LogP contribution in [0.15, 0.2) is 21.8 Å². The minimum Gasteiger partial charge on any atom is -0.448 e. The zero-order valence-electron chi connectivity index (χ0n) is 22.8. The summed E-state index contributed by atoms with van der Waals surface area (Å²) in [6.07, 6.45) is 4.23. The number of thioether (sulfide) groups is 1. The SMILES string of the molecule is CSc1cc(C)[nH]c(=O)c1CNC(=O)c1cc(Cl)c2c(c1C)OC(C)(C1CCC(C(=O)N3CC(F)(F)C3)CC1)O2. The molecule has 3 aliphatic rings. The zero-order valence-corrected chi connectivity index (χ0v) is 24.4. The van der Waals surface area contributed by atoms with Gasteiger partial charge in [-0.05, 0) is 57.9 Å². The number of halogens is 3. The van der Waals surface area contributed by atoms with Gasteiger partial charge in [0.15, 0.2) is 11.5 Å². The first kappa shape index (κ1) is 28.7. The summed E-state index contributed by atoms with van der Waals surface area (Å²) in [7, 11) is 0. The van der Waals surface area contributed by atoms with Gasteiger partial charge in [0.25, 0.3) is 23.2 Å². The average Bonchev–Trinajstić information content (AvgIpc) is 3.27. The summed E-state index contributed by atoms with van der Waals surface area (Å²) in [6.45, 7) is 4.42. The van der Waals surface area contributed by atoms with Crippen molar-refractivity contribution in [2.24, 2.45) is 11.8 Å². The number of carbonyl (C=O) groups is 2. The van der Waals surface area contributed by atoms with Crippen molar-refractivity contribution < 1.29 is 27.8 Å². The molecule has 3 heterocycles. The number of aryl methyl sites for hydroxylation is 1. The molecule has 2 aliphatic heterocycles. The van der Waals surface area contributed by atoms with E-state index in [1.807, 2.05) is 19.2 Å². The van der Waals surface area contributed by atoms with Gasteiger partial charge in [0, 0.05) is 52.6 Å². The molecule has 2 aromatic rings. The molecule has 8 nitrogen and oxygen atoms in total. The Morgan fingerprint density at radius 1 is 1.15 bits per heavy atom. The third-order valence-corrected chi connectivity index (χ3v) is 9.23. The summed E-state index contributed by atoms with van der Waals surface area (Å²) >= 11 is 7.99. The number of nitrogens with one attached hydrogen (secondary N) is 2. The Bertz CT molecular complexity index is 1420. The molecule has 2 amide bonds.